The number of rotatable bonds is 3. The molecule has 0 amide bonds. The first-order valence-electron chi connectivity index (χ1n) is 12.1. The maximum atomic E-state index is 2.50. The fourth-order valence-electron chi connectivity index (χ4n) is 4.87. The van der Waals surface area contributed by atoms with Crippen molar-refractivity contribution in [2.24, 2.45) is 0 Å². The molecule has 0 aliphatic heterocycles. The number of benzene rings is 2. The Hall–Kier alpha value is -1.56. The second-order valence-electron chi connectivity index (χ2n) is 13.7. The minimum absolute atomic E-state index is 0.131. The van der Waals surface area contributed by atoms with Crippen molar-refractivity contribution in [1.29, 1.82) is 0 Å². The van der Waals surface area contributed by atoms with Gasteiger partial charge >= 0.3 is 0 Å². The van der Waals surface area contributed by atoms with Gasteiger partial charge in [0.15, 0.2) is 0 Å². The highest BCUT2D eigenvalue weighted by Gasteiger charge is 2.29. The molecule has 0 saturated heterocycles. The quantitative estimate of drug-likeness (QED) is 0.464. The van der Waals surface area contributed by atoms with Crippen LogP contribution in [0.5, 0.6) is 0 Å². The summed E-state index contributed by atoms with van der Waals surface area (Å²) >= 11 is 0. The Morgan fingerprint density at radius 3 is 1.55 bits per heavy atom. The van der Waals surface area contributed by atoms with Crippen LogP contribution in [0.1, 0.15) is 129 Å². The summed E-state index contributed by atoms with van der Waals surface area (Å²) in [4.78, 5) is 0. The molecule has 0 aliphatic carbocycles. The van der Waals surface area contributed by atoms with Crippen molar-refractivity contribution in [2.75, 3.05) is 0 Å². The van der Waals surface area contributed by atoms with Gasteiger partial charge in [-0.05, 0) is 67.4 Å². The third-order valence-corrected chi connectivity index (χ3v) is 6.46. The van der Waals surface area contributed by atoms with Gasteiger partial charge < -0.3 is 0 Å². The van der Waals surface area contributed by atoms with E-state index in [4.69, 9.17) is 0 Å². The highest BCUT2D eigenvalue weighted by Crippen LogP contribution is 2.39. The average molecular weight is 421 g/mol. The topological polar surface area (TPSA) is 0 Å². The predicted molar refractivity (Wildman–Crippen MR) is 140 cm³/mol. The van der Waals surface area contributed by atoms with Crippen LogP contribution in [0.25, 0.3) is 0 Å². The van der Waals surface area contributed by atoms with Gasteiger partial charge in [0.05, 0.1) is 0 Å². The Balaban J connectivity index is 2.55. The molecule has 31 heavy (non-hydrogen) atoms. The van der Waals surface area contributed by atoms with Crippen molar-refractivity contribution in [2.45, 2.75) is 124 Å². The lowest BCUT2D eigenvalue weighted by Gasteiger charge is -2.33. The normalized spacial score (nSPS) is 14.6. The van der Waals surface area contributed by atoms with Crippen molar-refractivity contribution < 1.29 is 0 Å². The molecule has 172 valence electrons. The van der Waals surface area contributed by atoms with E-state index < -0.39 is 0 Å². The van der Waals surface area contributed by atoms with Crippen LogP contribution in [0.15, 0.2) is 36.4 Å². The van der Waals surface area contributed by atoms with Gasteiger partial charge in [0.1, 0.15) is 0 Å². The summed E-state index contributed by atoms with van der Waals surface area (Å²) in [6.45, 7) is 30.5. The highest BCUT2D eigenvalue weighted by molar-refractivity contribution is 5.46. The Morgan fingerprint density at radius 1 is 0.581 bits per heavy atom. The van der Waals surface area contributed by atoms with Crippen molar-refractivity contribution in [1.82, 2.24) is 0 Å². The van der Waals surface area contributed by atoms with E-state index in [0.29, 0.717) is 5.92 Å². The van der Waals surface area contributed by atoms with Gasteiger partial charge in [-0.1, -0.05) is 126 Å². The van der Waals surface area contributed by atoms with Crippen LogP contribution in [0.3, 0.4) is 0 Å². The summed E-state index contributed by atoms with van der Waals surface area (Å²) < 4.78 is 0. The molecule has 0 aromatic heterocycles. The Bertz CT molecular complexity index is 899. The number of hydrogen-bond donors (Lipinski definition) is 0. The summed E-state index contributed by atoms with van der Waals surface area (Å²) in [7, 11) is 0. The van der Waals surface area contributed by atoms with Crippen molar-refractivity contribution >= 4 is 0 Å². The first-order chi connectivity index (χ1) is 13.8. The fourth-order valence-corrected chi connectivity index (χ4v) is 4.87. The Kier molecular flexibility index (Phi) is 6.98. The molecular weight excluding hydrogens is 372 g/mol. The van der Waals surface area contributed by atoms with Crippen LogP contribution in [-0.2, 0) is 28.1 Å². The summed E-state index contributed by atoms with van der Waals surface area (Å²) in [5, 5.41) is 0. The zero-order valence-electron chi connectivity index (χ0n) is 22.7. The third-order valence-electron chi connectivity index (χ3n) is 6.46. The van der Waals surface area contributed by atoms with Gasteiger partial charge in [-0.3, -0.25) is 0 Å². The smallest absolute Gasteiger partial charge is 0.0126 e. The zero-order chi connectivity index (χ0) is 24.0. The van der Waals surface area contributed by atoms with E-state index in [-0.39, 0.29) is 21.7 Å². The van der Waals surface area contributed by atoms with E-state index in [0.717, 1.165) is 6.42 Å². The molecule has 0 radical (unpaired) electrons. The van der Waals surface area contributed by atoms with Crippen LogP contribution >= 0.6 is 0 Å². The number of hydrogen-bond acceptors (Lipinski definition) is 0. The molecular formula is C31H48. The van der Waals surface area contributed by atoms with E-state index in [1.54, 1.807) is 0 Å². The monoisotopic (exact) mass is 420 g/mol. The summed E-state index contributed by atoms with van der Waals surface area (Å²) in [5.41, 5.74) is 9.53. The first kappa shape index (κ1) is 25.7. The average Bonchev–Trinajstić information content (AvgIpc) is 2.57. The van der Waals surface area contributed by atoms with E-state index in [1.807, 2.05) is 0 Å². The van der Waals surface area contributed by atoms with Gasteiger partial charge in [0.2, 0.25) is 0 Å². The predicted octanol–water partition coefficient (Wildman–Crippen LogP) is 9.22. The summed E-state index contributed by atoms with van der Waals surface area (Å²) in [5.74, 6) is 0.478. The molecule has 0 heterocycles. The van der Waals surface area contributed by atoms with E-state index in [9.17, 15) is 0 Å². The molecule has 2 rings (SSSR count). The van der Waals surface area contributed by atoms with Crippen molar-refractivity contribution in [3.8, 4) is 0 Å². The standard InChI is InChI=1S/C31H48/c1-21(22-17-18-24(28(2,3)4)26(20-22)30(8,9)10)19-23-15-14-16-25(29(5,6)7)27(23)31(11,12)13/h14-18,20-21H,19H2,1-13H3. The Labute approximate surface area is 193 Å². The molecule has 2 aromatic rings. The maximum absolute atomic E-state index is 2.50. The Morgan fingerprint density at radius 2 is 1.10 bits per heavy atom. The molecule has 2 aromatic carbocycles. The van der Waals surface area contributed by atoms with Crippen molar-refractivity contribution in [3.63, 3.8) is 0 Å². The molecule has 0 spiro atoms. The minimum atomic E-state index is 0.131. The molecule has 0 nitrogen and oxygen atoms in total. The maximum Gasteiger partial charge on any atom is -0.0126 e. The highest BCUT2D eigenvalue weighted by atomic mass is 14.3. The second kappa shape index (κ2) is 8.42. The van der Waals surface area contributed by atoms with Gasteiger partial charge in [0.25, 0.3) is 0 Å². The zero-order valence-corrected chi connectivity index (χ0v) is 22.7. The fraction of sp³-hybridized carbons (Fsp3) is 0.613. The summed E-state index contributed by atoms with van der Waals surface area (Å²) in [6, 6.07) is 14.2. The lowest BCUT2D eigenvalue weighted by molar-refractivity contribution is 0.521. The molecule has 0 N–H and O–H groups in total. The molecule has 0 fully saturated rings. The van der Waals surface area contributed by atoms with Gasteiger partial charge in [-0.2, -0.15) is 0 Å². The van der Waals surface area contributed by atoms with Gasteiger partial charge in [0, 0.05) is 0 Å². The lowest BCUT2D eigenvalue weighted by atomic mass is 9.71. The van der Waals surface area contributed by atoms with Gasteiger partial charge in [-0.15, -0.1) is 0 Å². The second-order valence-corrected chi connectivity index (χ2v) is 13.7. The molecule has 0 bridgehead atoms. The summed E-state index contributed by atoms with van der Waals surface area (Å²) in [6.07, 6.45) is 1.08. The van der Waals surface area contributed by atoms with Crippen LogP contribution < -0.4 is 0 Å². The molecule has 1 unspecified atom stereocenters. The van der Waals surface area contributed by atoms with Crippen LogP contribution in [0.2, 0.25) is 0 Å². The van der Waals surface area contributed by atoms with E-state index in [2.05, 4.69) is 126 Å². The van der Waals surface area contributed by atoms with E-state index >= 15 is 0 Å². The largest absolute Gasteiger partial charge is 0.0617 e. The third kappa shape index (κ3) is 6.03. The van der Waals surface area contributed by atoms with Crippen LogP contribution in [0.4, 0.5) is 0 Å². The molecule has 0 saturated carbocycles. The molecule has 1 atom stereocenters. The van der Waals surface area contributed by atoms with Gasteiger partial charge in [-0.25, -0.2) is 0 Å². The molecule has 0 aliphatic rings. The van der Waals surface area contributed by atoms with Crippen molar-refractivity contribution in [3.05, 3.63) is 69.8 Å². The van der Waals surface area contributed by atoms with Crippen LogP contribution in [0, 0.1) is 0 Å². The van der Waals surface area contributed by atoms with E-state index in [1.165, 1.54) is 33.4 Å². The molecule has 0 heteroatoms. The minimum Gasteiger partial charge on any atom is -0.0617 e. The van der Waals surface area contributed by atoms with Crippen LogP contribution in [-0.4, -0.2) is 0 Å². The SMILES string of the molecule is CC(Cc1cccc(C(C)(C)C)c1C(C)(C)C)c1ccc(C(C)(C)C)c(C(C)(C)C)c1. The lowest BCUT2D eigenvalue weighted by Crippen LogP contribution is -2.24. The first-order valence-corrected chi connectivity index (χ1v) is 12.1.